The van der Waals surface area contributed by atoms with Gasteiger partial charge >= 0.3 is 0 Å². The van der Waals surface area contributed by atoms with Crippen molar-refractivity contribution in [2.24, 2.45) is 0 Å². The van der Waals surface area contributed by atoms with E-state index < -0.39 is 7.26 Å². The van der Waals surface area contributed by atoms with Crippen LogP contribution in [0.25, 0.3) is 0 Å². The van der Waals surface area contributed by atoms with Crippen LogP contribution in [0.4, 0.5) is 0 Å². The van der Waals surface area contributed by atoms with Gasteiger partial charge < -0.3 is 22.1 Å². The number of rotatable bonds is 11. The van der Waals surface area contributed by atoms with Crippen LogP contribution in [0.5, 0.6) is 0 Å². The highest BCUT2D eigenvalue weighted by Gasteiger charge is 2.34. The van der Waals surface area contributed by atoms with Crippen LogP contribution >= 0.6 is 7.26 Å². The Morgan fingerprint density at radius 1 is 0.706 bits per heavy atom. The highest BCUT2D eigenvalue weighted by atomic mass is 79.9. The largest absolute Gasteiger partial charge is 1.00 e. The Balaban J connectivity index is 0. The van der Waals surface area contributed by atoms with E-state index in [1.807, 2.05) is 0 Å². The van der Waals surface area contributed by atoms with Gasteiger partial charge in [-0.2, -0.15) is 0 Å². The molecule has 17 heavy (non-hydrogen) atoms. The van der Waals surface area contributed by atoms with Gasteiger partial charge in [-0.25, -0.2) is 0 Å². The van der Waals surface area contributed by atoms with E-state index in [0.717, 1.165) is 6.16 Å². The molecule has 0 aliphatic rings. The van der Waals surface area contributed by atoms with Crippen molar-refractivity contribution < 1.29 is 22.1 Å². The second-order valence-electron chi connectivity index (χ2n) is 5.02. The molecule has 0 atom stereocenters. The number of aliphatic hydroxyl groups is 1. The zero-order valence-electron chi connectivity index (χ0n) is 12.1. The number of aliphatic hydroxyl groups excluding tert-OH is 1. The minimum absolute atomic E-state index is 0. The fraction of sp³-hybridized carbons (Fsp3) is 1.00. The van der Waals surface area contributed by atoms with Crippen LogP contribution < -0.4 is 17.0 Å². The normalized spacial score (nSPS) is 11.3. The van der Waals surface area contributed by atoms with Crippen molar-refractivity contribution in [3.8, 4) is 0 Å². The fourth-order valence-electron chi connectivity index (χ4n) is 2.36. The van der Waals surface area contributed by atoms with Gasteiger partial charge in [0.2, 0.25) is 0 Å². The first-order valence-corrected chi connectivity index (χ1v) is 9.73. The predicted octanol–water partition coefficient (Wildman–Crippen LogP) is 1.40. The molecule has 0 aliphatic carbocycles. The third kappa shape index (κ3) is 9.45. The molecule has 0 saturated carbocycles. The summed E-state index contributed by atoms with van der Waals surface area (Å²) in [5.41, 5.74) is 0. The molecule has 106 valence electrons. The van der Waals surface area contributed by atoms with Crippen LogP contribution in [0.3, 0.4) is 0 Å². The standard InChI is InChI=1S/C14H32OP.BrH/c1-4-7-11-16(14-10-15,12-8-5-2)13-9-6-3;/h15H,4-14H2,1-3H3;1H/q+1;/p-1. The average Bonchev–Trinajstić information content (AvgIpc) is 2.31. The first-order valence-electron chi connectivity index (χ1n) is 7.20. The van der Waals surface area contributed by atoms with Gasteiger partial charge in [0.05, 0.1) is 31.3 Å². The molecule has 0 spiro atoms. The first kappa shape index (κ1) is 20.2. The quantitative estimate of drug-likeness (QED) is 0.569. The number of unbranched alkanes of at least 4 members (excludes halogenated alkanes) is 3. The van der Waals surface area contributed by atoms with Crippen LogP contribution in [-0.4, -0.2) is 36.4 Å². The van der Waals surface area contributed by atoms with Crippen LogP contribution in [0.15, 0.2) is 0 Å². The molecule has 0 unspecified atom stereocenters. The van der Waals surface area contributed by atoms with E-state index in [1.54, 1.807) is 0 Å². The van der Waals surface area contributed by atoms with Crippen molar-refractivity contribution in [3.05, 3.63) is 0 Å². The average molecular weight is 327 g/mol. The molecule has 0 aliphatic heterocycles. The Hall–Kier alpha value is 0.870. The summed E-state index contributed by atoms with van der Waals surface area (Å²) in [6.45, 7) is 7.28. The minimum Gasteiger partial charge on any atom is -1.00 e. The van der Waals surface area contributed by atoms with Gasteiger partial charge in [-0.3, -0.25) is 0 Å². The molecule has 3 heteroatoms. The predicted molar refractivity (Wildman–Crippen MR) is 78.2 cm³/mol. The smallest absolute Gasteiger partial charge is 0.0825 e. The van der Waals surface area contributed by atoms with E-state index in [1.165, 1.54) is 57.0 Å². The van der Waals surface area contributed by atoms with E-state index in [9.17, 15) is 5.11 Å². The number of hydrogen-bond donors (Lipinski definition) is 1. The monoisotopic (exact) mass is 326 g/mol. The molecule has 0 bridgehead atoms. The molecule has 1 N–H and O–H groups in total. The molecule has 0 radical (unpaired) electrons. The third-order valence-corrected chi connectivity index (χ3v) is 8.48. The summed E-state index contributed by atoms with van der Waals surface area (Å²) in [5, 5.41) is 9.33. The van der Waals surface area contributed by atoms with Gasteiger partial charge in [-0.1, -0.05) is 40.0 Å². The maximum atomic E-state index is 9.33. The van der Waals surface area contributed by atoms with Gasteiger partial charge in [0, 0.05) is 7.26 Å². The van der Waals surface area contributed by atoms with E-state index in [4.69, 9.17) is 0 Å². The molecule has 0 heterocycles. The molecule has 0 saturated heterocycles. The summed E-state index contributed by atoms with van der Waals surface area (Å²) in [6.07, 6.45) is 13.5. The van der Waals surface area contributed by atoms with Crippen molar-refractivity contribution in [2.45, 2.75) is 59.3 Å². The van der Waals surface area contributed by atoms with Crippen molar-refractivity contribution in [1.82, 2.24) is 0 Å². The van der Waals surface area contributed by atoms with E-state index >= 15 is 0 Å². The lowest BCUT2D eigenvalue weighted by Gasteiger charge is -2.27. The Labute approximate surface area is 120 Å². The molecule has 0 amide bonds. The summed E-state index contributed by atoms with van der Waals surface area (Å²) in [7, 11) is -0.796. The highest BCUT2D eigenvalue weighted by molar-refractivity contribution is 7.75. The zero-order valence-corrected chi connectivity index (χ0v) is 14.5. The lowest BCUT2D eigenvalue weighted by molar-refractivity contribution is -0.00000490. The molecular formula is C14H32BrOP. The van der Waals surface area contributed by atoms with Gasteiger partial charge in [0.1, 0.15) is 0 Å². The summed E-state index contributed by atoms with van der Waals surface area (Å²) < 4.78 is 0. The zero-order chi connectivity index (χ0) is 12.3. The Kier molecular flexibility index (Phi) is 15.8. The van der Waals surface area contributed by atoms with Crippen LogP contribution in [-0.2, 0) is 0 Å². The van der Waals surface area contributed by atoms with Crippen LogP contribution in [0, 0.1) is 0 Å². The summed E-state index contributed by atoms with van der Waals surface area (Å²) in [5.74, 6) is 0. The molecule has 1 nitrogen and oxygen atoms in total. The number of halogens is 1. The van der Waals surface area contributed by atoms with Gasteiger partial charge in [-0.15, -0.1) is 0 Å². The lowest BCUT2D eigenvalue weighted by Crippen LogP contribution is -3.00. The maximum absolute atomic E-state index is 9.33. The molecule has 0 aromatic rings. The SMILES string of the molecule is CCCC[P+](CCO)(CCCC)CCCC.[Br-]. The fourth-order valence-corrected chi connectivity index (χ4v) is 7.09. The molecule has 0 aromatic carbocycles. The first-order chi connectivity index (χ1) is 7.74. The minimum atomic E-state index is -0.796. The second kappa shape index (κ2) is 13.3. The van der Waals surface area contributed by atoms with Crippen LogP contribution in [0.2, 0.25) is 0 Å². The van der Waals surface area contributed by atoms with E-state index in [0.29, 0.717) is 6.61 Å². The van der Waals surface area contributed by atoms with Crippen LogP contribution in [0.1, 0.15) is 59.3 Å². The summed E-state index contributed by atoms with van der Waals surface area (Å²) >= 11 is 0. The molecule has 0 rings (SSSR count). The number of hydrogen-bond acceptors (Lipinski definition) is 1. The second-order valence-corrected chi connectivity index (χ2v) is 9.49. The third-order valence-electron chi connectivity index (χ3n) is 3.53. The summed E-state index contributed by atoms with van der Waals surface area (Å²) in [4.78, 5) is 0. The van der Waals surface area contributed by atoms with Crippen molar-refractivity contribution in [1.29, 1.82) is 0 Å². The van der Waals surface area contributed by atoms with Gasteiger partial charge in [0.25, 0.3) is 0 Å². The topological polar surface area (TPSA) is 20.2 Å². The summed E-state index contributed by atoms with van der Waals surface area (Å²) in [6, 6.07) is 0. The van der Waals surface area contributed by atoms with Crippen molar-refractivity contribution >= 4 is 7.26 Å². The highest BCUT2D eigenvalue weighted by Crippen LogP contribution is 2.60. The Bertz CT molecular complexity index is 131. The Morgan fingerprint density at radius 3 is 1.29 bits per heavy atom. The maximum Gasteiger partial charge on any atom is 0.0825 e. The molecular weight excluding hydrogens is 295 g/mol. The lowest BCUT2D eigenvalue weighted by atomic mass is 10.4. The molecule has 0 aromatic heterocycles. The van der Waals surface area contributed by atoms with Gasteiger partial charge in [-0.05, 0) is 19.3 Å². The Morgan fingerprint density at radius 2 is 1.06 bits per heavy atom. The van der Waals surface area contributed by atoms with E-state index in [2.05, 4.69) is 20.8 Å². The molecule has 0 fully saturated rings. The van der Waals surface area contributed by atoms with Crippen molar-refractivity contribution in [3.63, 3.8) is 0 Å². The van der Waals surface area contributed by atoms with Crippen molar-refractivity contribution in [2.75, 3.05) is 31.3 Å². The van der Waals surface area contributed by atoms with Gasteiger partial charge in [0.15, 0.2) is 0 Å². The van der Waals surface area contributed by atoms with E-state index in [-0.39, 0.29) is 17.0 Å².